The number of rotatable bonds is 3. The van der Waals surface area contributed by atoms with E-state index in [2.05, 4.69) is 15.3 Å². The minimum Gasteiger partial charge on any atom is -0.467 e. The average molecular weight is 307 g/mol. The average Bonchev–Trinajstić information content (AvgIpc) is 3.00. The Balaban J connectivity index is 2.07. The molecule has 2 heterocycles. The summed E-state index contributed by atoms with van der Waals surface area (Å²) in [6.45, 7) is 1.78. The largest absolute Gasteiger partial charge is 0.467 e. The second-order valence-electron chi connectivity index (χ2n) is 4.79. The molecule has 4 nitrogen and oxygen atoms in total. The molecule has 0 fully saturated rings. The molecule has 2 aromatic heterocycles. The van der Waals surface area contributed by atoms with Crippen molar-refractivity contribution in [2.45, 2.75) is 19.1 Å². The molecule has 0 aliphatic rings. The maximum atomic E-state index is 12.9. The molecule has 1 N–H and O–H groups in total. The van der Waals surface area contributed by atoms with Gasteiger partial charge in [-0.1, -0.05) is 12.1 Å². The highest BCUT2D eigenvalue weighted by Crippen LogP contribution is 2.31. The molecule has 1 atom stereocenters. The lowest BCUT2D eigenvalue weighted by molar-refractivity contribution is -0.144. The van der Waals surface area contributed by atoms with Crippen molar-refractivity contribution in [2.75, 3.05) is 5.32 Å². The van der Waals surface area contributed by atoms with E-state index in [0.29, 0.717) is 11.1 Å². The minimum absolute atomic E-state index is 0.127. The zero-order valence-electron chi connectivity index (χ0n) is 11.6. The van der Waals surface area contributed by atoms with Crippen LogP contribution < -0.4 is 5.32 Å². The maximum absolute atomic E-state index is 12.9. The van der Waals surface area contributed by atoms with E-state index in [1.807, 2.05) is 0 Å². The van der Waals surface area contributed by atoms with E-state index < -0.39 is 12.0 Å². The van der Waals surface area contributed by atoms with E-state index in [-0.39, 0.29) is 17.4 Å². The molecule has 3 rings (SSSR count). The summed E-state index contributed by atoms with van der Waals surface area (Å²) in [5.74, 6) is -0.432. The molecule has 0 aliphatic heterocycles. The van der Waals surface area contributed by atoms with Gasteiger partial charge >= 0.3 is 6.18 Å². The Morgan fingerprint density at radius 3 is 2.55 bits per heavy atom. The third kappa shape index (κ3) is 2.74. The van der Waals surface area contributed by atoms with Gasteiger partial charge in [0.25, 0.3) is 0 Å². The van der Waals surface area contributed by atoms with E-state index in [0.717, 1.165) is 0 Å². The number of nitrogens with zero attached hydrogens (tertiary/aromatic N) is 2. The summed E-state index contributed by atoms with van der Waals surface area (Å²) < 4.78 is 44.1. The third-order valence-corrected chi connectivity index (χ3v) is 3.18. The quantitative estimate of drug-likeness (QED) is 0.778. The van der Waals surface area contributed by atoms with Gasteiger partial charge in [-0.15, -0.1) is 0 Å². The molecule has 0 saturated carbocycles. The van der Waals surface area contributed by atoms with Gasteiger partial charge in [0.05, 0.1) is 17.8 Å². The van der Waals surface area contributed by atoms with Crippen molar-refractivity contribution in [2.24, 2.45) is 0 Å². The SMILES string of the molecule is C[C@@H](Nc1nc(C(F)(F)F)nc2ccccc12)c1ccco1. The van der Waals surface area contributed by atoms with Crippen LogP contribution in [0.4, 0.5) is 19.0 Å². The number of aromatic nitrogens is 2. The van der Waals surface area contributed by atoms with Crippen LogP contribution in [0.1, 0.15) is 24.6 Å². The van der Waals surface area contributed by atoms with Gasteiger partial charge in [-0.25, -0.2) is 9.97 Å². The standard InChI is InChI=1S/C15H12F3N3O/c1-9(12-7-4-8-22-12)19-13-10-5-2-3-6-11(10)20-14(21-13)15(16,17)18/h2-9H,1H3,(H,19,20,21)/t9-/m1/s1. The molecule has 7 heteroatoms. The molecule has 1 aromatic carbocycles. The Bertz CT molecular complexity index is 784. The summed E-state index contributed by atoms with van der Waals surface area (Å²) in [6.07, 6.45) is -3.10. The summed E-state index contributed by atoms with van der Waals surface area (Å²) in [6, 6.07) is 9.69. The number of furan rings is 1. The van der Waals surface area contributed by atoms with Crippen LogP contribution in [0.2, 0.25) is 0 Å². The van der Waals surface area contributed by atoms with Crippen LogP contribution in [0.25, 0.3) is 10.9 Å². The zero-order valence-corrected chi connectivity index (χ0v) is 11.6. The summed E-state index contributed by atoms with van der Waals surface area (Å²) in [5.41, 5.74) is 0.235. The molecule has 3 aromatic rings. The Morgan fingerprint density at radius 2 is 1.86 bits per heavy atom. The monoisotopic (exact) mass is 307 g/mol. The number of benzene rings is 1. The first-order valence-corrected chi connectivity index (χ1v) is 6.59. The second-order valence-corrected chi connectivity index (χ2v) is 4.79. The molecule has 0 bridgehead atoms. The minimum atomic E-state index is -4.60. The normalized spacial score (nSPS) is 13.3. The molecule has 0 saturated heterocycles. The molecular weight excluding hydrogens is 295 g/mol. The number of hydrogen-bond acceptors (Lipinski definition) is 4. The van der Waals surface area contributed by atoms with Crippen LogP contribution in [0.3, 0.4) is 0 Å². The van der Waals surface area contributed by atoms with Crippen LogP contribution in [0.15, 0.2) is 47.1 Å². The summed E-state index contributed by atoms with van der Waals surface area (Å²) >= 11 is 0. The van der Waals surface area contributed by atoms with Crippen LogP contribution in [-0.4, -0.2) is 9.97 Å². The molecular formula is C15H12F3N3O. The third-order valence-electron chi connectivity index (χ3n) is 3.18. The predicted molar refractivity (Wildman–Crippen MR) is 75.3 cm³/mol. The highest BCUT2D eigenvalue weighted by atomic mass is 19.4. The van der Waals surface area contributed by atoms with E-state index in [4.69, 9.17) is 4.42 Å². The fourth-order valence-corrected chi connectivity index (χ4v) is 2.13. The van der Waals surface area contributed by atoms with Crippen molar-refractivity contribution in [3.8, 4) is 0 Å². The highest BCUT2D eigenvalue weighted by molar-refractivity contribution is 5.89. The zero-order chi connectivity index (χ0) is 15.7. The molecule has 0 amide bonds. The fraction of sp³-hybridized carbons (Fsp3) is 0.200. The van der Waals surface area contributed by atoms with Crippen molar-refractivity contribution >= 4 is 16.7 Å². The smallest absolute Gasteiger partial charge is 0.451 e. The highest BCUT2D eigenvalue weighted by Gasteiger charge is 2.35. The summed E-state index contributed by atoms with van der Waals surface area (Å²) in [4.78, 5) is 7.21. The summed E-state index contributed by atoms with van der Waals surface area (Å²) in [5, 5.41) is 3.48. The van der Waals surface area contributed by atoms with Crippen LogP contribution in [0, 0.1) is 0 Å². The van der Waals surface area contributed by atoms with E-state index in [1.54, 1.807) is 37.3 Å². The van der Waals surface area contributed by atoms with Gasteiger partial charge in [0.1, 0.15) is 11.6 Å². The van der Waals surface area contributed by atoms with Gasteiger partial charge in [-0.2, -0.15) is 13.2 Å². The first-order chi connectivity index (χ1) is 10.4. The number of hydrogen-bond donors (Lipinski definition) is 1. The lowest BCUT2D eigenvalue weighted by Gasteiger charge is -2.15. The Kier molecular flexibility index (Phi) is 3.48. The van der Waals surface area contributed by atoms with Gasteiger partial charge < -0.3 is 9.73 Å². The van der Waals surface area contributed by atoms with E-state index >= 15 is 0 Å². The van der Waals surface area contributed by atoms with E-state index in [1.165, 1.54) is 12.3 Å². The van der Waals surface area contributed by atoms with Gasteiger partial charge in [0.2, 0.25) is 5.82 Å². The number of para-hydroxylation sites is 1. The van der Waals surface area contributed by atoms with Crippen LogP contribution in [-0.2, 0) is 6.18 Å². The number of fused-ring (bicyclic) bond motifs is 1. The maximum Gasteiger partial charge on any atom is 0.451 e. The van der Waals surface area contributed by atoms with Crippen molar-refractivity contribution < 1.29 is 17.6 Å². The van der Waals surface area contributed by atoms with E-state index in [9.17, 15) is 13.2 Å². The summed E-state index contributed by atoms with van der Waals surface area (Å²) in [7, 11) is 0. The van der Waals surface area contributed by atoms with Crippen LogP contribution >= 0.6 is 0 Å². The van der Waals surface area contributed by atoms with Crippen molar-refractivity contribution in [3.63, 3.8) is 0 Å². The lowest BCUT2D eigenvalue weighted by Crippen LogP contribution is -2.15. The molecule has 0 aliphatic carbocycles. The number of halogens is 3. The van der Waals surface area contributed by atoms with Crippen molar-refractivity contribution in [1.29, 1.82) is 0 Å². The molecule has 0 spiro atoms. The van der Waals surface area contributed by atoms with Gasteiger partial charge in [-0.05, 0) is 31.2 Å². The van der Waals surface area contributed by atoms with Gasteiger partial charge in [-0.3, -0.25) is 0 Å². The van der Waals surface area contributed by atoms with Crippen molar-refractivity contribution in [1.82, 2.24) is 9.97 Å². The van der Waals surface area contributed by atoms with Crippen LogP contribution in [0.5, 0.6) is 0 Å². The first-order valence-electron chi connectivity index (χ1n) is 6.59. The lowest BCUT2D eigenvalue weighted by atomic mass is 10.2. The second kappa shape index (κ2) is 5.32. The number of anilines is 1. The van der Waals surface area contributed by atoms with Gasteiger partial charge in [0.15, 0.2) is 0 Å². The Morgan fingerprint density at radius 1 is 1.09 bits per heavy atom. The molecule has 0 unspecified atom stereocenters. The van der Waals surface area contributed by atoms with Crippen molar-refractivity contribution in [3.05, 3.63) is 54.2 Å². The Hall–Kier alpha value is -2.57. The number of alkyl halides is 3. The molecule has 114 valence electrons. The Labute approximate surface area is 124 Å². The molecule has 0 radical (unpaired) electrons. The molecule has 22 heavy (non-hydrogen) atoms. The van der Waals surface area contributed by atoms with Gasteiger partial charge in [0, 0.05) is 5.39 Å². The first kappa shape index (κ1) is 14.4. The fourth-order valence-electron chi connectivity index (χ4n) is 2.13. The predicted octanol–water partition coefficient (Wildman–Crippen LogP) is 4.41. The number of nitrogens with one attached hydrogen (secondary N) is 1. The topological polar surface area (TPSA) is 51.0 Å².